The number of benzene rings is 1. The van der Waals surface area contributed by atoms with Crippen LogP contribution in [0.5, 0.6) is 0 Å². The van der Waals surface area contributed by atoms with Crippen LogP contribution in [0.4, 0.5) is 0 Å². The Bertz CT molecular complexity index is 879. The van der Waals surface area contributed by atoms with Crippen LogP contribution < -0.4 is 11.2 Å². The summed E-state index contributed by atoms with van der Waals surface area (Å²) in [6, 6.07) is 8.25. The first kappa shape index (κ1) is 13.1. The molecule has 2 heterocycles. The van der Waals surface area contributed by atoms with E-state index in [1.54, 1.807) is 11.8 Å². The van der Waals surface area contributed by atoms with Crippen molar-refractivity contribution < 1.29 is 0 Å². The number of aryl methyl sites for hydroxylation is 1. The quantitative estimate of drug-likeness (QED) is 0.728. The smallest absolute Gasteiger partial charge is 0.291 e. The van der Waals surface area contributed by atoms with Crippen LogP contribution in [-0.4, -0.2) is 15.0 Å². The third-order valence-electron chi connectivity index (χ3n) is 2.72. The Balaban J connectivity index is 1.87. The molecule has 3 aromatic rings. The summed E-state index contributed by atoms with van der Waals surface area (Å²) in [4.78, 5) is 31.8. The second-order valence-corrected chi connectivity index (χ2v) is 6.57. The summed E-state index contributed by atoms with van der Waals surface area (Å²) in [7, 11) is 0. The molecule has 0 aliphatic carbocycles. The SMILES string of the molecule is Cc1cccc(CSc2nc3[nH]c(=O)[nH]c(=O)c3s2)c1. The molecule has 0 aliphatic rings. The molecule has 7 heteroatoms. The third kappa shape index (κ3) is 2.68. The van der Waals surface area contributed by atoms with E-state index in [0.717, 1.165) is 10.1 Å². The van der Waals surface area contributed by atoms with E-state index < -0.39 is 5.69 Å². The van der Waals surface area contributed by atoms with Crippen molar-refractivity contribution in [2.45, 2.75) is 17.0 Å². The predicted molar refractivity (Wildman–Crippen MR) is 81.6 cm³/mol. The van der Waals surface area contributed by atoms with E-state index in [9.17, 15) is 9.59 Å². The number of nitrogens with one attached hydrogen (secondary N) is 2. The molecule has 20 heavy (non-hydrogen) atoms. The molecule has 0 atom stereocenters. The van der Waals surface area contributed by atoms with Gasteiger partial charge in [-0.25, -0.2) is 9.78 Å². The normalized spacial score (nSPS) is 11.1. The minimum absolute atomic E-state index is 0.357. The van der Waals surface area contributed by atoms with Gasteiger partial charge in [-0.3, -0.25) is 14.8 Å². The zero-order valence-electron chi connectivity index (χ0n) is 10.6. The molecular weight excluding hydrogens is 294 g/mol. The van der Waals surface area contributed by atoms with Crippen molar-refractivity contribution in [2.24, 2.45) is 0 Å². The molecular formula is C13H11N3O2S2. The maximum absolute atomic E-state index is 11.6. The molecule has 0 spiro atoms. The Morgan fingerprint density at radius 2 is 2.15 bits per heavy atom. The van der Waals surface area contributed by atoms with E-state index in [1.807, 2.05) is 6.07 Å². The maximum Gasteiger partial charge on any atom is 0.327 e. The lowest BCUT2D eigenvalue weighted by Crippen LogP contribution is -2.20. The van der Waals surface area contributed by atoms with Gasteiger partial charge in [-0.15, -0.1) is 11.3 Å². The molecule has 0 aliphatic heterocycles. The number of hydrogen-bond donors (Lipinski definition) is 2. The largest absolute Gasteiger partial charge is 0.327 e. The van der Waals surface area contributed by atoms with Gasteiger partial charge in [-0.2, -0.15) is 0 Å². The van der Waals surface area contributed by atoms with Crippen molar-refractivity contribution >= 4 is 33.4 Å². The zero-order chi connectivity index (χ0) is 14.1. The molecule has 0 radical (unpaired) electrons. The first-order valence-corrected chi connectivity index (χ1v) is 7.73. The first-order chi connectivity index (χ1) is 9.61. The minimum Gasteiger partial charge on any atom is -0.291 e. The molecule has 0 amide bonds. The number of aromatic nitrogens is 3. The van der Waals surface area contributed by atoms with Gasteiger partial charge in [0, 0.05) is 5.75 Å². The van der Waals surface area contributed by atoms with Gasteiger partial charge in [0.15, 0.2) is 9.99 Å². The predicted octanol–water partition coefficient (Wildman–Crippen LogP) is 2.27. The Kier molecular flexibility index (Phi) is 3.45. The van der Waals surface area contributed by atoms with Gasteiger partial charge in [0.2, 0.25) is 0 Å². The van der Waals surface area contributed by atoms with Gasteiger partial charge >= 0.3 is 5.69 Å². The van der Waals surface area contributed by atoms with Gasteiger partial charge in [0.25, 0.3) is 5.56 Å². The zero-order valence-corrected chi connectivity index (χ0v) is 12.2. The number of thioether (sulfide) groups is 1. The van der Waals surface area contributed by atoms with Crippen molar-refractivity contribution in [1.29, 1.82) is 0 Å². The Hall–Kier alpha value is -1.86. The average molecular weight is 305 g/mol. The van der Waals surface area contributed by atoms with Crippen molar-refractivity contribution in [3.8, 4) is 0 Å². The molecule has 0 fully saturated rings. The highest BCUT2D eigenvalue weighted by Gasteiger charge is 2.09. The van der Waals surface area contributed by atoms with Crippen LogP contribution in [0.15, 0.2) is 38.2 Å². The van der Waals surface area contributed by atoms with Crippen molar-refractivity contribution in [1.82, 2.24) is 15.0 Å². The highest BCUT2D eigenvalue weighted by Crippen LogP contribution is 2.28. The van der Waals surface area contributed by atoms with Gasteiger partial charge in [0.05, 0.1) is 0 Å². The molecule has 5 nitrogen and oxygen atoms in total. The van der Waals surface area contributed by atoms with Crippen LogP contribution in [0.25, 0.3) is 10.3 Å². The van der Waals surface area contributed by atoms with E-state index in [1.165, 1.54) is 22.5 Å². The van der Waals surface area contributed by atoms with Gasteiger partial charge in [-0.1, -0.05) is 41.6 Å². The Morgan fingerprint density at radius 1 is 1.30 bits per heavy atom. The number of aromatic amines is 2. The lowest BCUT2D eigenvalue weighted by molar-refractivity contribution is 1.06. The molecule has 1 aromatic carbocycles. The maximum atomic E-state index is 11.6. The number of fused-ring (bicyclic) bond motifs is 1. The van der Waals surface area contributed by atoms with Gasteiger partial charge < -0.3 is 0 Å². The van der Waals surface area contributed by atoms with Crippen LogP contribution in [0.1, 0.15) is 11.1 Å². The summed E-state index contributed by atoms with van der Waals surface area (Å²) in [6.07, 6.45) is 0. The standard InChI is InChI=1S/C13H11N3O2S2/c1-7-3-2-4-8(5-7)6-19-13-15-10-9(20-13)11(17)16-12(18)14-10/h2-5H,6H2,1H3,(H2,14,16,17,18). The molecule has 3 rings (SSSR count). The van der Waals surface area contributed by atoms with Gasteiger partial charge in [0.1, 0.15) is 4.70 Å². The summed E-state index contributed by atoms with van der Waals surface area (Å²) in [5.41, 5.74) is 1.87. The van der Waals surface area contributed by atoms with Crippen molar-refractivity contribution in [3.63, 3.8) is 0 Å². The Morgan fingerprint density at radius 3 is 2.95 bits per heavy atom. The van der Waals surface area contributed by atoms with E-state index in [4.69, 9.17) is 0 Å². The van der Waals surface area contributed by atoms with Gasteiger partial charge in [-0.05, 0) is 12.5 Å². The lowest BCUT2D eigenvalue weighted by atomic mass is 10.2. The third-order valence-corrected chi connectivity index (χ3v) is 4.99. The summed E-state index contributed by atoms with van der Waals surface area (Å²) in [5, 5.41) is 0. The van der Waals surface area contributed by atoms with Crippen LogP contribution in [0.3, 0.4) is 0 Å². The molecule has 102 valence electrons. The number of rotatable bonds is 3. The molecule has 2 N–H and O–H groups in total. The number of nitrogens with zero attached hydrogens (tertiary/aromatic N) is 1. The second-order valence-electron chi connectivity index (χ2n) is 4.34. The van der Waals surface area contributed by atoms with Crippen molar-refractivity contribution in [2.75, 3.05) is 0 Å². The fourth-order valence-electron chi connectivity index (χ4n) is 1.85. The molecule has 0 unspecified atom stereocenters. The van der Waals surface area contributed by atoms with Crippen molar-refractivity contribution in [3.05, 3.63) is 56.2 Å². The number of hydrogen-bond acceptors (Lipinski definition) is 5. The minimum atomic E-state index is -0.525. The van der Waals surface area contributed by atoms with E-state index in [2.05, 4.69) is 40.1 Å². The summed E-state index contributed by atoms with van der Waals surface area (Å²) in [5.74, 6) is 0.781. The molecule has 0 saturated heterocycles. The Labute approximate surface area is 122 Å². The van der Waals surface area contributed by atoms with E-state index >= 15 is 0 Å². The monoisotopic (exact) mass is 305 g/mol. The lowest BCUT2D eigenvalue weighted by Gasteiger charge is -1.99. The number of thiazole rings is 1. The molecule has 0 saturated carbocycles. The molecule has 2 aromatic heterocycles. The fraction of sp³-hybridized carbons (Fsp3) is 0.154. The van der Waals surface area contributed by atoms with Crippen LogP contribution >= 0.6 is 23.1 Å². The average Bonchev–Trinajstić information content (AvgIpc) is 2.80. The first-order valence-electron chi connectivity index (χ1n) is 5.93. The highest BCUT2D eigenvalue weighted by molar-refractivity contribution is 8.00. The fourth-order valence-corrected chi connectivity index (χ4v) is 3.78. The van der Waals surface area contributed by atoms with Crippen LogP contribution in [-0.2, 0) is 5.75 Å². The highest BCUT2D eigenvalue weighted by atomic mass is 32.2. The van der Waals surface area contributed by atoms with E-state index in [-0.39, 0.29) is 5.56 Å². The van der Waals surface area contributed by atoms with E-state index in [0.29, 0.717) is 10.3 Å². The summed E-state index contributed by atoms with van der Waals surface area (Å²) < 4.78 is 1.23. The summed E-state index contributed by atoms with van der Waals surface area (Å²) >= 11 is 2.85. The topological polar surface area (TPSA) is 78.6 Å². The van der Waals surface area contributed by atoms with Crippen LogP contribution in [0.2, 0.25) is 0 Å². The second kappa shape index (κ2) is 5.26. The summed E-state index contributed by atoms with van der Waals surface area (Å²) in [6.45, 7) is 2.05. The molecule has 0 bridgehead atoms. The van der Waals surface area contributed by atoms with Crippen LogP contribution in [0, 0.1) is 6.92 Å². The number of H-pyrrole nitrogens is 2.